The molecule has 0 aromatic heterocycles. The van der Waals surface area contributed by atoms with E-state index in [1.807, 2.05) is 32.0 Å². The summed E-state index contributed by atoms with van der Waals surface area (Å²) in [6.45, 7) is 3.89. The summed E-state index contributed by atoms with van der Waals surface area (Å²) >= 11 is 1.31. The number of benzene rings is 2. The molecule has 2 N–H and O–H groups in total. The Kier molecular flexibility index (Phi) is 3.99. The van der Waals surface area contributed by atoms with Crippen LogP contribution >= 0.6 is 11.8 Å². The molecule has 2 aromatic carbocycles. The van der Waals surface area contributed by atoms with Gasteiger partial charge in [-0.2, -0.15) is 13.2 Å². The van der Waals surface area contributed by atoms with Crippen molar-refractivity contribution in [3.8, 4) is 0 Å². The van der Waals surface area contributed by atoms with Gasteiger partial charge in [-0.3, -0.25) is 0 Å². The topological polar surface area (TPSA) is 26.0 Å². The van der Waals surface area contributed by atoms with Gasteiger partial charge in [0.25, 0.3) is 0 Å². The molecule has 2 rings (SSSR count). The van der Waals surface area contributed by atoms with Gasteiger partial charge < -0.3 is 5.73 Å². The van der Waals surface area contributed by atoms with Crippen molar-refractivity contribution < 1.29 is 13.2 Å². The molecule has 0 saturated heterocycles. The maximum atomic E-state index is 12.8. The van der Waals surface area contributed by atoms with Gasteiger partial charge in [0.1, 0.15) is 0 Å². The van der Waals surface area contributed by atoms with Gasteiger partial charge in [0.2, 0.25) is 0 Å². The molecule has 0 unspecified atom stereocenters. The number of hydrogen-bond acceptors (Lipinski definition) is 2. The first-order chi connectivity index (χ1) is 9.27. The van der Waals surface area contributed by atoms with E-state index in [4.69, 9.17) is 5.73 Å². The van der Waals surface area contributed by atoms with Gasteiger partial charge in [-0.25, -0.2) is 0 Å². The van der Waals surface area contributed by atoms with Crippen LogP contribution in [0, 0.1) is 13.8 Å². The smallest absolute Gasteiger partial charge is 0.398 e. The van der Waals surface area contributed by atoms with Gasteiger partial charge in [-0.1, -0.05) is 23.9 Å². The highest BCUT2D eigenvalue weighted by Crippen LogP contribution is 2.38. The molecular weight excluding hydrogens is 283 g/mol. The Morgan fingerprint density at radius 2 is 1.70 bits per heavy atom. The Morgan fingerprint density at radius 3 is 2.35 bits per heavy atom. The van der Waals surface area contributed by atoms with Crippen LogP contribution in [-0.2, 0) is 6.18 Å². The van der Waals surface area contributed by atoms with Gasteiger partial charge >= 0.3 is 6.18 Å². The summed E-state index contributed by atoms with van der Waals surface area (Å²) in [4.78, 5) is 1.48. The molecule has 0 aliphatic heterocycles. The highest BCUT2D eigenvalue weighted by atomic mass is 32.2. The fourth-order valence-electron chi connectivity index (χ4n) is 1.79. The number of halogens is 3. The Balaban J connectivity index is 2.37. The molecule has 0 fully saturated rings. The number of anilines is 1. The first-order valence-electron chi connectivity index (χ1n) is 5.99. The molecule has 106 valence electrons. The van der Waals surface area contributed by atoms with Crippen LogP contribution in [-0.4, -0.2) is 0 Å². The summed E-state index contributed by atoms with van der Waals surface area (Å²) in [6, 6.07) is 9.90. The minimum atomic E-state index is -4.43. The summed E-state index contributed by atoms with van der Waals surface area (Å²) in [5, 5.41) is 0. The number of nitrogen functional groups attached to an aromatic ring is 1. The zero-order valence-electron chi connectivity index (χ0n) is 11.1. The van der Waals surface area contributed by atoms with Crippen LogP contribution in [0.1, 0.15) is 16.7 Å². The van der Waals surface area contributed by atoms with Crippen LogP contribution in [0.15, 0.2) is 46.2 Å². The normalized spacial score (nSPS) is 11.7. The summed E-state index contributed by atoms with van der Waals surface area (Å²) in [5.41, 5.74) is 6.47. The molecular formula is C15H14F3NS. The van der Waals surface area contributed by atoms with Crippen LogP contribution in [0.2, 0.25) is 0 Å². The van der Waals surface area contributed by atoms with E-state index in [-0.39, 0.29) is 5.69 Å². The maximum absolute atomic E-state index is 12.8. The first kappa shape index (κ1) is 14.8. The quantitative estimate of drug-likeness (QED) is 0.784. The van der Waals surface area contributed by atoms with Gasteiger partial charge in [0.15, 0.2) is 0 Å². The number of rotatable bonds is 2. The average molecular weight is 297 g/mol. The second kappa shape index (κ2) is 5.40. The molecule has 0 saturated carbocycles. The highest BCUT2D eigenvalue weighted by molar-refractivity contribution is 7.99. The van der Waals surface area contributed by atoms with E-state index in [1.165, 1.54) is 17.8 Å². The zero-order chi connectivity index (χ0) is 14.9. The fourth-order valence-corrected chi connectivity index (χ4v) is 2.83. The molecule has 0 aliphatic rings. The Bertz CT molecular complexity index is 636. The van der Waals surface area contributed by atoms with E-state index < -0.39 is 11.7 Å². The van der Waals surface area contributed by atoms with Crippen molar-refractivity contribution in [1.82, 2.24) is 0 Å². The third kappa shape index (κ3) is 3.28. The third-order valence-corrected chi connectivity index (χ3v) is 4.05. The predicted octanol–water partition coefficient (Wildman–Crippen LogP) is 5.06. The van der Waals surface area contributed by atoms with Crippen LogP contribution in [0.5, 0.6) is 0 Å². The minimum absolute atomic E-state index is 0.247. The lowest BCUT2D eigenvalue weighted by Gasteiger charge is -2.12. The molecule has 20 heavy (non-hydrogen) atoms. The second-order valence-electron chi connectivity index (χ2n) is 4.62. The molecule has 1 nitrogen and oxygen atoms in total. The van der Waals surface area contributed by atoms with Crippen LogP contribution < -0.4 is 5.73 Å². The van der Waals surface area contributed by atoms with Crippen LogP contribution in [0.3, 0.4) is 0 Å². The van der Waals surface area contributed by atoms with Crippen LogP contribution in [0.25, 0.3) is 0 Å². The lowest BCUT2D eigenvalue weighted by atomic mass is 10.2. The van der Waals surface area contributed by atoms with E-state index >= 15 is 0 Å². The van der Waals surface area contributed by atoms with Crippen molar-refractivity contribution in [3.63, 3.8) is 0 Å². The molecule has 0 radical (unpaired) electrons. The van der Waals surface area contributed by atoms with E-state index in [9.17, 15) is 13.2 Å². The minimum Gasteiger partial charge on any atom is -0.398 e. The van der Waals surface area contributed by atoms with Crippen molar-refractivity contribution in [2.75, 3.05) is 5.73 Å². The largest absolute Gasteiger partial charge is 0.418 e. The Morgan fingerprint density at radius 1 is 1.00 bits per heavy atom. The number of alkyl halides is 3. The molecule has 2 aromatic rings. The molecule has 0 bridgehead atoms. The Hall–Kier alpha value is -1.62. The SMILES string of the molecule is Cc1ccc(C)c(Sc2ccc(N)c(C(F)(F)F)c2)c1. The number of aryl methyl sites for hydroxylation is 2. The number of hydrogen-bond donors (Lipinski definition) is 1. The highest BCUT2D eigenvalue weighted by Gasteiger charge is 2.33. The molecule has 0 spiro atoms. The summed E-state index contributed by atoms with van der Waals surface area (Å²) in [7, 11) is 0. The van der Waals surface area contributed by atoms with E-state index in [0.29, 0.717) is 4.90 Å². The third-order valence-electron chi connectivity index (χ3n) is 2.90. The van der Waals surface area contributed by atoms with Crippen molar-refractivity contribution >= 4 is 17.4 Å². The van der Waals surface area contributed by atoms with Crippen molar-refractivity contribution in [2.24, 2.45) is 0 Å². The number of nitrogens with two attached hydrogens (primary N) is 1. The molecule has 5 heteroatoms. The second-order valence-corrected chi connectivity index (χ2v) is 5.73. The summed E-state index contributed by atoms with van der Waals surface area (Å²) < 4.78 is 38.5. The van der Waals surface area contributed by atoms with E-state index in [0.717, 1.165) is 22.1 Å². The Labute approximate surface area is 120 Å². The van der Waals surface area contributed by atoms with E-state index in [1.54, 1.807) is 6.07 Å². The molecule has 0 aliphatic carbocycles. The molecule has 0 amide bonds. The van der Waals surface area contributed by atoms with Crippen LogP contribution in [0.4, 0.5) is 18.9 Å². The standard InChI is InChI=1S/C15H14F3NS/c1-9-3-4-10(2)14(7-9)20-11-5-6-13(19)12(8-11)15(16,17)18/h3-8H,19H2,1-2H3. The average Bonchev–Trinajstić information content (AvgIpc) is 2.35. The summed E-state index contributed by atoms with van der Waals surface area (Å²) in [6.07, 6.45) is -4.43. The van der Waals surface area contributed by atoms with Gasteiger partial charge in [-0.05, 0) is 49.2 Å². The van der Waals surface area contributed by atoms with Gasteiger partial charge in [0.05, 0.1) is 5.56 Å². The maximum Gasteiger partial charge on any atom is 0.418 e. The van der Waals surface area contributed by atoms with Crippen molar-refractivity contribution in [3.05, 3.63) is 53.1 Å². The lowest BCUT2D eigenvalue weighted by Crippen LogP contribution is -2.08. The zero-order valence-corrected chi connectivity index (χ0v) is 11.9. The monoisotopic (exact) mass is 297 g/mol. The van der Waals surface area contributed by atoms with Crippen molar-refractivity contribution in [2.45, 2.75) is 29.8 Å². The first-order valence-corrected chi connectivity index (χ1v) is 6.81. The van der Waals surface area contributed by atoms with Crippen molar-refractivity contribution in [1.29, 1.82) is 0 Å². The molecule has 0 atom stereocenters. The van der Waals surface area contributed by atoms with E-state index in [2.05, 4.69) is 0 Å². The van der Waals surface area contributed by atoms with Gasteiger partial charge in [-0.15, -0.1) is 0 Å². The summed E-state index contributed by atoms with van der Waals surface area (Å²) in [5.74, 6) is 0. The predicted molar refractivity (Wildman–Crippen MR) is 75.9 cm³/mol. The lowest BCUT2D eigenvalue weighted by molar-refractivity contribution is -0.137. The van der Waals surface area contributed by atoms with Gasteiger partial charge in [0, 0.05) is 15.5 Å². The fraction of sp³-hybridized carbons (Fsp3) is 0.200. The molecule has 0 heterocycles.